The first kappa shape index (κ1) is 22.5. The number of hydrogen-bond donors (Lipinski definition) is 1. The van der Waals surface area contributed by atoms with E-state index in [0.717, 1.165) is 46.4 Å². The molecule has 3 aromatic rings. The highest BCUT2D eigenvalue weighted by molar-refractivity contribution is 6.08. The molecule has 6 rings (SSSR count). The predicted molar refractivity (Wildman–Crippen MR) is 141 cm³/mol. The van der Waals surface area contributed by atoms with Gasteiger partial charge in [-0.25, -0.2) is 9.97 Å². The first-order valence-electron chi connectivity index (χ1n) is 13.1. The minimum absolute atomic E-state index is 0.213. The number of anilines is 2. The van der Waals surface area contributed by atoms with Crippen LogP contribution in [0.5, 0.6) is 0 Å². The molecule has 0 radical (unpaired) electrons. The van der Waals surface area contributed by atoms with Gasteiger partial charge in [0, 0.05) is 29.4 Å². The van der Waals surface area contributed by atoms with Crippen LogP contribution in [-0.2, 0) is 10.2 Å². The van der Waals surface area contributed by atoms with Crippen LogP contribution in [0.1, 0.15) is 71.4 Å². The molecule has 184 valence electrons. The molecule has 2 N–H and O–H groups in total. The second-order valence-corrected chi connectivity index (χ2v) is 11.4. The molecule has 1 saturated heterocycles. The molecule has 7 nitrogen and oxygen atoms in total. The van der Waals surface area contributed by atoms with Gasteiger partial charge in [0.05, 0.1) is 23.0 Å². The van der Waals surface area contributed by atoms with Crippen LogP contribution in [0.25, 0.3) is 22.3 Å². The van der Waals surface area contributed by atoms with Crippen molar-refractivity contribution in [3.05, 3.63) is 36.2 Å². The van der Waals surface area contributed by atoms with Crippen LogP contribution < -0.4 is 10.6 Å². The summed E-state index contributed by atoms with van der Waals surface area (Å²) in [5, 5.41) is 0. The fourth-order valence-corrected chi connectivity index (χ4v) is 6.29. The SMILES string of the molecule is CC(C)n1cnc2cc(-c3ccc4c(c3)N(C3CC(N5CCCCC5)C3)C(=O)C4(C)C)nc(N)c21. The first-order valence-corrected chi connectivity index (χ1v) is 13.1. The quantitative estimate of drug-likeness (QED) is 0.584. The van der Waals surface area contributed by atoms with Crippen molar-refractivity contribution >= 4 is 28.4 Å². The Hall–Kier alpha value is -2.93. The first-order chi connectivity index (χ1) is 16.8. The summed E-state index contributed by atoms with van der Waals surface area (Å²) < 4.78 is 2.06. The van der Waals surface area contributed by atoms with Crippen LogP contribution >= 0.6 is 0 Å². The molecule has 1 aromatic carbocycles. The van der Waals surface area contributed by atoms with Crippen LogP contribution in [0.3, 0.4) is 0 Å². The lowest BCUT2D eigenvalue weighted by Crippen LogP contribution is -2.57. The summed E-state index contributed by atoms with van der Waals surface area (Å²) in [6.45, 7) is 10.7. The number of piperidine rings is 1. The van der Waals surface area contributed by atoms with Gasteiger partial charge in [-0.05, 0) is 84.2 Å². The largest absolute Gasteiger partial charge is 0.382 e. The molecule has 0 bridgehead atoms. The van der Waals surface area contributed by atoms with Crippen molar-refractivity contribution in [2.45, 2.75) is 83.3 Å². The number of benzene rings is 1. The number of pyridine rings is 1. The number of nitrogens with zero attached hydrogens (tertiary/aromatic N) is 5. The number of nitrogens with two attached hydrogens (primary N) is 1. The van der Waals surface area contributed by atoms with Crippen LogP contribution in [0, 0.1) is 0 Å². The number of likely N-dealkylation sites (tertiary alicyclic amines) is 1. The average Bonchev–Trinajstić information content (AvgIpc) is 3.33. The van der Waals surface area contributed by atoms with Crippen molar-refractivity contribution in [3.63, 3.8) is 0 Å². The Balaban J connectivity index is 1.34. The highest BCUT2D eigenvalue weighted by Crippen LogP contribution is 2.47. The molecule has 0 atom stereocenters. The number of aromatic nitrogens is 3. The van der Waals surface area contributed by atoms with Crippen molar-refractivity contribution in [1.82, 2.24) is 19.4 Å². The third-order valence-corrected chi connectivity index (χ3v) is 8.48. The maximum absolute atomic E-state index is 13.6. The minimum Gasteiger partial charge on any atom is -0.382 e. The zero-order valence-electron chi connectivity index (χ0n) is 21.3. The Kier molecular flexibility index (Phi) is 5.18. The van der Waals surface area contributed by atoms with Crippen LogP contribution in [0.4, 0.5) is 11.5 Å². The number of carbonyl (C=O) groups is 1. The number of hydrogen-bond acceptors (Lipinski definition) is 5. The molecule has 2 aliphatic heterocycles. The normalized spacial score (nSPS) is 24.3. The van der Waals surface area contributed by atoms with Gasteiger partial charge >= 0.3 is 0 Å². The van der Waals surface area contributed by atoms with Crippen molar-refractivity contribution in [3.8, 4) is 11.3 Å². The molecule has 2 aromatic heterocycles. The molecule has 0 spiro atoms. The van der Waals surface area contributed by atoms with Crippen molar-refractivity contribution in [2.24, 2.45) is 0 Å². The van der Waals surface area contributed by atoms with E-state index < -0.39 is 5.41 Å². The summed E-state index contributed by atoms with van der Waals surface area (Å²) in [7, 11) is 0. The van der Waals surface area contributed by atoms with Gasteiger partial charge in [0.2, 0.25) is 5.91 Å². The standard InChI is InChI=1S/C28H36N6O/c1-17(2)33-16-30-23-15-22(31-26(29)25(23)33)18-8-9-21-24(12-18)34(27(35)28(21,3)4)20-13-19(14-20)32-10-6-5-7-11-32/h8-9,12,15-17,19-20H,5-7,10-11,13-14H2,1-4H3,(H2,29,31). The number of imidazole rings is 1. The molecule has 1 amide bonds. The van der Waals surface area contributed by atoms with E-state index in [4.69, 9.17) is 10.7 Å². The molecule has 0 unspecified atom stereocenters. The third-order valence-electron chi connectivity index (χ3n) is 8.48. The summed E-state index contributed by atoms with van der Waals surface area (Å²) >= 11 is 0. The molecule has 35 heavy (non-hydrogen) atoms. The number of fused-ring (bicyclic) bond motifs is 2. The van der Waals surface area contributed by atoms with Gasteiger partial charge in [-0.15, -0.1) is 0 Å². The van der Waals surface area contributed by atoms with E-state index in [-0.39, 0.29) is 18.0 Å². The maximum atomic E-state index is 13.6. The summed E-state index contributed by atoms with van der Waals surface area (Å²) in [5.74, 6) is 0.700. The van der Waals surface area contributed by atoms with Crippen LogP contribution in [0.15, 0.2) is 30.6 Å². The van der Waals surface area contributed by atoms with Gasteiger partial charge in [0.15, 0.2) is 0 Å². The van der Waals surface area contributed by atoms with E-state index in [0.29, 0.717) is 11.9 Å². The molecule has 4 heterocycles. The summed E-state index contributed by atoms with van der Waals surface area (Å²) in [6, 6.07) is 9.47. The Morgan fingerprint density at radius 1 is 1.06 bits per heavy atom. The fourth-order valence-electron chi connectivity index (χ4n) is 6.29. The van der Waals surface area contributed by atoms with E-state index in [9.17, 15) is 4.79 Å². The second-order valence-electron chi connectivity index (χ2n) is 11.4. The Bertz CT molecular complexity index is 1300. The van der Waals surface area contributed by atoms with E-state index in [1.165, 1.54) is 32.4 Å². The maximum Gasteiger partial charge on any atom is 0.237 e. The average molecular weight is 473 g/mol. The fraction of sp³-hybridized carbons (Fsp3) is 0.536. The van der Waals surface area contributed by atoms with E-state index in [1.54, 1.807) is 0 Å². The molecular weight excluding hydrogens is 436 g/mol. The van der Waals surface area contributed by atoms with E-state index >= 15 is 0 Å². The zero-order chi connectivity index (χ0) is 24.5. The van der Waals surface area contributed by atoms with Gasteiger partial charge < -0.3 is 20.1 Å². The lowest BCUT2D eigenvalue weighted by Gasteiger charge is -2.48. The topological polar surface area (TPSA) is 80.3 Å². The molecular formula is C28H36N6O. The van der Waals surface area contributed by atoms with Crippen molar-refractivity contribution in [1.29, 1.82) is 0 Å². The summed E-state index contributed by atoms with van der Waals surface area (Å²) in [5.41, 5.74) is 11.5. The van der Waals surface area contributed by atoms with Gasteiger partial charge in [-0.3, -0.25) is 4.79 Å². The molecule has 1 aliphatic carbocycles. The van der Waals surface area contributed by atoms with Crippen LogP contribution in [0.2, 0.25) is 0 Å². The minimum atomic E-state index is -0.517. The number of nitrogen functional groups attached to an aromatic ring is 1. The van der Waals surface area contributed by atoms with Crippen LogP contribution in [-0.4, -0.2) is 50.5 Å². The van der Waals surface area contributed by atoms with E-state index in [1.807, 2.05) is 12.4 Å². The van der Waals surface area contributed by atoms with Gasteiger partial charge in [0.1, 0.15) is 11.3 Å². The monoisotopic (exact) mass is 472 g/mol. The highest BCUT2D eigenvalue weighted by Gasteiger charge is 2.50. The lowest BCUT2D eigenvalue weighted by atomic mass is 9.82. The predicted octanol–water partition coefficient (Wildman–Crippen LogP) is 4.90. The number of carbonyl (C=O) groups excluding carboxylic acids is 1. The van der Waals surface area contributed by atoms with Gasteiger partial charge in [-0.2, -0.15) is 0 Å². The summed E-state index contributed by atoms with van der Waals surface area (Å²) in [6.07, 6.45) is 7.92. The second kappa shape index (κ2) is 8.05. The number of rotatable bonds is 4. The smallest absolute Gasteiger partial charge is 0.237 e. The zero-order valence-corrected chi connectivity index (χ0v) is 21.3. The van der Waals surface area contributed by atoms with Gasteiger partial charge in [-0.1, -0.05) is 18.6 Å². The Morgan fingerprint density at radius 3 is 2.51 bits per heavy atom. The summed E-state index contributed by atoms with van der Waals surface area (Å²) in [4.78, 5) is 27.7. The molecule has 1 saturated carbocycles. The van der Waals surface area contributed by atoms with Crippen molar-refractivity contribution in [2.75, 3.05) is 23.7 Å². The lowest BCUT2D eigenvalue weighted by molar-refractivity contribution is -0.123. The Labute approximate surface area is 207 Å². The molecule has 2 fully saturated rings. The van der Waals surface area contributed by atoms with Gasteiger partial charge in [0.25, 0.3) is 0 Å². The van der Waals surface area contributed by atoms with E-state index in [2.05, 4.69) is 65.2 Å². The Morgan fingerprint density at radius 2 is 1.80 bits per heavy atom. The van der Waals surface area contributed by atoms with Crippen molar-refractivity contribution < 1.29 is 4.79 Å². The molecule has 3 aliphatic rings. The third kappa shape index (κ3) is 3.46. The molecule has 7 heteroatoms. The number of amides is 1. The highest BCUT2D eigenvalue weighted by atomic mass is 16.2.